The van der Waals surface area contributed by atoms with E-state index in [1.165, 1.54) is 0 Å². The van der Waals surface area contributed by atoms with E-state index >= 15 is 0 Å². The number of nitrogens with one attached hydrogen (secondary N) is 2. The quantitative estimate of drug-likeness (QED) is 0.279. The molecule has 8 nitrogen and oxygen atoms in total. The van der Waals surface area contributed by atoms with Crippen molar-refractivity contribution in [3.8, 4) is 5.75 Å². The van der Waals surface area contributed by atoms with Crippen LogP contribution in [0.15, 0.2) is 60.7 Å². The minimum atomic E-state index is -0.976. The van der Waals surface area contributed by atoms with E-state index in [2.05, 4.69) is 10.6 Å². The summed E-state index contributed by atoms with van der Waals surface area (Å²) in [5.41, 5.74) is 1.07. The molecule has 1 fully saturated rings. The van der Waals surface area contributed by atoms with Gasteiger partial charge in [0.15, 0.2) is 0 Å². The zero-order chi connectivity index (χ0) is 29.9. The van der Waals surface area contributed by atoms with Gasteiger partial charge in [0.25, 0.3) is 5.91 Å². The number of fused-ring (bicyclic) bond motifs is 1. The van der Waals surface area contributed by atoms with Crippen molar-refractivity contribution in [3.05, 3.63) is 71.8 Å². The molecular weight excluding hydrogens is 518 g/mol. The number of nitrogens with zero attached hydrogens (tertiary/aromatic N) is 1. The number of hydrogen-bond acceptors (Lipinski definition) is 5. The van der Waals surface area contributed by atoms with Crippen molar-refractivity contribution in [1.29, 1.82) is 0 Å². The van der Waals surface area contributed by atoms with Crippen molar-refractivity contribution in [2.75, 3.05) is 5.32 Å². The van der Waals surface area contributed by atoms with Crippen LogP contribution in [0.1, 0.15) is 71.0 Å². The molecule has 0 aromatic heterocycles. The van der Waals surface area contributed by atoms with Gasteiger partial charge in [-0.25, -0.2) is 4.79 Å². The van der Waals surface area contributed by atoms with E-state index < -0.39 is 23.8 Å². The molecule has 3 amide bonds. The molecule has 0 bridgehead atoms. The zero-order valence-electron chi connectivity index (χ0n) is 24.7. The molecule has 1 saturated carbocycles. The number of phenolic OH excluding ortho intramolecular Hbond substituents is 1. The number of alkyl carbamates (subject to hydrolysis) is 1. The fourth-order valence-corrected chi connectivity index (χ4v) is 4.96. The van der Waals surface area contributed by atoms with Gasteiger partial charge in [0.05, 0.1) is 0 Å². The van der Waals surface area contributed by atoms with E-state index in [0.29, 0.717) is 23.2 Å². The average molecular weight is 560 g/mol. The SMILES string of the molecule is Cc1cc(C(C(=O)Nc2ccc3ccccc3c2)N(C(=O)C(CC(C)C)NC(=O)OC(C)(C)C)C2CC2)ccc1O. The molecule has 2 atom stereocenters. The summed E-state index contributed by atoms with van der Waals surface area (Å²) in [6.07, 6.45) is 1.21. The summed E-state index contributed by atoms with van der Waals surface area (Å²) in [6.45, 7) is 11.0. The van der Waals surface area contributed by atoms with Crippen molar-refractivity contribution in [3.63, 3.8) is 0 Å². The topological polar surface area (TPSA) is 108 Å². The number of aromatic hydroxyl groups is 1. The Labute approximate surface area is 242 Å². The maximum atomic E-state index is 14.3. The van der Waals surface area contributed by atoms with Gasteiger partial charge in [0.1, 0.15) is 23.4 Å². The molecule has 1 aliphatic rings. The maximum Gasteiger partial charge on any atom is 0.408 e. The molecule has 0 aliphatic heterocycles. The van der Waals surface area contributed by atoms with Crippen LogP contribution in [-0.2, 0) is 14.3 Å². The predicted octanol–water partition coefficient (Wildman–Crippen LogP) is 6.46. The van der Waals surface area contributed by atoms with E-state index in [1.54, 1.807) is 50.8 Å². The van der Waals surface area contributed by atoms with E-state index in [0.717, 1.165) is 23.6 Å². The first-order chi connectivity index (χ1) is 19.3. The Hall–Kier alpha value is -4.07. The summed E-state index contributed by atoms with van der Waals surface area (Å²) in [5, 5.41) is 18.0. The lowest BCUT2D eigenvalue weighted by molar-refractivity contribution is -0.141. The van der Waals surface area contributed by atoms with Gasteiger partial charge in [0, 0.05) is 11.7 Å². The molecule has 0 radical (unpaired) electrons. The third kappa shape index (κ3) is 7.78. The summed E-state index contributed by atoms with van der Waals surface area (Å²) in [5.74, 6) is -0.501. The number of amides is 3. The molecule has 0 saturated heterocycles. The number of carbonyl (C=O) groups excluding carboxylic acids is 3. The number of aryl methyl sites for hydroxylation is 1. The molecule has 41 heavy (non-hydrogen) atoms. The van der Waals surface area contributed by atoms with Crippen molar-refractivity contribution < 1.29 is 24.2 Å². The van der Waals surface area contributed by atoms with E-state index in [4.69, 9.17) is 4.74 Å². The van der Waals surface area contributed by atoms with Crippen molar-refractivity contribution >= 4 is 34.4 Å². The second-order valence-corrected chi connectivity index (χ2v) is 12.3. The average Bonchev–Trinajstić information content (AvgIpc) is 3.72. The fraction of sp³-hybridized carbons (Fsp3) is 0.424. The van der Waals surface area contributed by atoms with Gasteiger partial charge in [0.2, 0.25) is 5.91 Å². The summed E-state index contributed by atoms with van der Waals surface area (Å²) >= 11 is 0. The molecular formula is C33H41N3O5. The Kier molecular flexibility index (Phi) is 8.90. The molecule has 2 unspecified atom stereocenters. The molecule has 4 rings (SSSR count). The Morgan fingerprint density at radius 2 is 1.68 bits per heavy atom. The highest BCUT2D eigenvalue weighted by Crippen LogP contribution is 2.37. The molecule has 3 aromatic rings. The number of anilines is 1. The van der Waals surface area contributed by atoms with Gasteiger partial charge < -0.3 is 25.4 Å². The zero-order valence-corrected chi connectivity index (χ0v) is 24.7. The first-order valence-electron chi connectivity index (χ1n) is 14.2. The van der Waals surface area contributed by atoms with Crippen LogP contribution in [0.2, 0.25) is 0 Å². The first-order valence-corrected chi connectivity index (χ1v) is 14.2. The van der Waals surface area contributed by atoms with Crippen molar-refractivity contribution in [2.24, 2.45) is 5.92 Å². The van der Waals surface area contributed by atoms with Gasteiger partial charge in [-0.15, -0.1) is 0 Å². The highest BCUT2D eigenvalue weighted by molar-refractivity contribution is 6.00. The number of phenols is 1. The third-order valence-electron chi connectivity index (χ3n) is 6.97. The Bertz CT molecular complexity index is 1420. The van der Waals surface area contributed by atoms with E-state index in [-0.39, 0.29) is 29.5 Å². The molecule has 218 valence electrons. The lowest BCUT2D eigenvalue weighted by Gasteiger charge is -2.35. The Morgan fingerprint density at radius 3 is 2.29 bits per heavy atom. The Balaban J connectivity index is 1.71. The lowest BCUT2D eigenvalue weighted by Crippen LogP contribution is -2.53. The smallest absolute Gasteiger partial charge is 0.408 e. The molecule has 0 spiro atoms. The summed E-state index contributed by atoms with van der Waals surface area (Å²) in [7, 11) is 0. The van der Waals surface area contributed by atoms with Crippen LogP contribution >= 0.6 is 0 Å². The van der Waals surface area contributed by atoms with Crippen LogP contribution in [0.25, 0.3) is 10.8 Å². The van der Waals surface area contributed by atoms with Crippen LogP contribution in [0.3, 0.4) is 0 Å². The van der Waals surface area contributed by atoms with Crippen LogP contribution in [0, 0.1) is 12.8 Å². The van der Waals surface area contributed by atoms with E-state index in [1.807, 2.05) is 56.3 Å². The standard InChI is InChI=1S/C33H41N3O5/c1-20(2)17-27(35-32(40)41-33(4,5)6)31(39)36(26-14-15-26)29(24-12-16-28(37)21(3)18-24)30(38)34-25-13-11-22-9-7-8-10-23(22)19-25/h7-13,16,18-20,26-27,29,37H,14-15,17H2,1-6H3,(H,34,38)(H,35,40). The first kappa shape index (κ1) is 29.9. The minimum absolute atomic E-state index is 0.0979. The molecule has 8 heteroatoms. The number of rotatable bonds is 9. The van der Waals surface area contributed by atoms with Crippen LogP contribution in [-0.4, -0.2) is 45.6 Å². The van der Waals surface area contributed by atoms with Crippen LogP contribution < -0.4 is 10.6 Å². The van der Waals surface area contributed by atoms with Gasteiger partial charge in [-0.3, -0.25) is 9.59 Å². The predicted molar refractivity (Wildman–Crippen MR) is 161 cm³/mol. The monoisotopic (exact) mass is 559 g/mol. The maximum absolute atomic E-state index is 14.3. The fourth-order valence-electron chi connectivity index (χ4n) is 4.96. The highest BCUT2D eigenvalue weighted by Gasteiger charge is 2.44. The Morgan fingerprint density at radius 1 is 1.00 bits per heavy atom. The second kappa shape index (κ2) is 12.2. The highest BCUT2D eigenvalue weighted by atomic mass is 16.6. The van der Waals surface area contributed by atoms with Gasteiger partial charge in [-0.2, -0.15) is 0 Å². The van der Waals surface area contributed by atoms with Crippen molar-refractivity contribution in [1.82, 2.24) is 10.2 Å². The van der Waals surface area contributed by atoms with Crippen LogP contribution in [0.4, 0.5) is 10.5 Å². The van der Waals surface area contributed by atoms with E-state index in [9.17, 15) is 19.5 Å². The summed E-state index contributed by atoms with van der Waals surface area (Å²) < 4.78 is 5.46. The number of benzene rings is 3. The van der Waals surface area contributed by atoms with Crippen LogP contribution in [0.5, 0.6) is 5.75 Å². The van der Waals surface area contributed by atoms with Crippen molar-refractivity contribution in [2.45, 2.75) is 84.5 Å². The third-order valence-corrected chi connectivity index (χ3v) is 6.97. The molecule has 3 N–H and O–H groups in total. The normalized spacial score (nSPS) is 14.8. The molecule has 1 aliphatic carbocycles. The summed E-state index contributed by atoms with van der Waals surface area (Å²) in [6, 6.07) is 16.5. The summed E-state index contributed by atoms with van der Waals surface area (Å²) in [4.78, 5) is 42.8. The number of hydrogen-bond donors (Lipinski definition) is 3. The largest absolute Gasteiger partial charge is 0.508 e. The molecule has 0 heterocycles. The minimum Gasteiger partial charge on any atom is -0.508 e. The number of carbonyl (C=O) groups is 3. The lowest BCUT2D eigenvalue weighted by atomic mass is 9.97. The second-order valence-electron chi connectivity index (χ2n) is 12.3. The number of ether oxygens (including phenoxy) is 1. The molecule has 3 aromatic carbocycles. The van der Waals surface area contributed by atoms with Gasteiger partial charge in [-0.1, -0.05) is 50.2 Å². The van der Waals surface area contributed by atoms with Gasteiger partial charge in [-0.05, 0) is 99.0 Å². The van der Waals surface area contributed by atoms with Gasteiger partial charge >= 0.3 is 6.09 Å².